The van der Waals surface area contributed by atoms with Crippen LogP contribution in [-0.4, -0.2) is 32.8 Å². The highest BCUT2D eigenvalue weighted by molar-refractivity contribution is 5.96. The molecule has 1 aliphatic heterocycles. The fourth-order valence-electron chi connectivity index (χ4n) is 3.87. The van der Waals surface area contributed by atoms with Crippen molar-refractivity contribution in [1.82, 2.24) is 20.3 Å². The second-order valence-corrected chi connectivity index (χ2v) is 8.14. The minimum absolute atomic E-state index is 0.0709. The molecule has 1 saturated heterocycles. The maximum absolute atomic E-state index is 12.6. The fraction of sp³-hybridized carbons (Fsp3) is 0.250. The fourth-order valence-corrected chi connectivity index (χ4v) is 3.87. The lowest BCUT2D eigenvalue weighted by Crippen LogP contribution is -2.24. The summed E-state index contributed by atoms with van der Waals surface area (Å²) in [5.74, 6) is 1.34. The molecule has 31 heavy (non-hydrogen) atoms. The molecule has 1 atom stereocenters. The average Bonchev–Trinajstić information content (AvgIpc) is 3.53. The zero-order valence-corrected chi connectivity index (χ0v) is 17.4. The maximum atomic E-state index is 12.6. The Morgan fingerprint density at radius 3 is 2.61 bits per heavy atom. The van der Waals surface area contributed by atoms with E-state index >= 15 is 0 Å². The normalized spacial score (nSPS) is 16.4. The second kappa shape index (κ2) is 7.83. The number of nitrogens with one attached hydrogen (secondary N) is 1. The summed E-state index contributed by atoms with van der Waals surface area (Å²) in [6, 6.07) is 19.9. The zero-order valence-electron chi connectivity index (χ0n) is 17.4. The monoisotopic (exact) mass is 413 g/mol. The Hall–Kier alpha value is -3.74. The lowest BCUT2D eigenvalue weighted by molar-refractivity contribution is -0.117. The first-order valence-electron chi connectivity index (χ1n) is 10.4. The number of H-pyrrole nitrogens is 1. The van der Waals surface area contributed by atoms with Crippen molar-refractivity contribution in [3.63, 3.8) is 0 Å². The van der Waals surface area contributed by atoms with Gasteiger partial charge >= 0.3 is 0 Å². The number of aromatic nitrogens is 4. The SMILES string of the molecule is CC(C)c1ccc(N2CC(c3noc(-c4cc(-c5ccccc5)n[nH]4)n3)CC2=O)cc1. The predicted molar refractivity (Wildman–Crippen MR) is 118 cm³/mol. The Kier molecular flexibility index (Phi) is 4.86. The summed E-state index contributed by atoms with van der Waals surface area (Å²) in [7, 11) is 0. The number of benzene rings is 2. The van der Waals surface area contributed by atoms with E-state index in [1.54, 1.807) is 4.90 Å². The first-order chi connectivity index (χ1) is 15.1. The molecular weight excluding hydrogens is 390 g/mol. The molecule has 2 aromatic heterocycles. The van der Waals surface area contributed by atoms with Crippen molar-refractivity contribution in [3.8, 4) is 22.8 Å². The molecule has 1 aliphatic rings. The average molecular weight is 413 g/mol. The van der Waals surface area contributed by atoms with Crippen LogP contribution in [0.2, 0.25) is 0 Å². The van der Waals surface area contributed by atoms with Crippen LogP contribution in [0.1, 0.15) is 43.5 Å². The van der Waals surface area contributed by atoms with Crippen LogP contribution < -0.4 is 4.90 Å². The highest BCUT2D eigenvalue weighted by Gasteiger charge is 2.34. The van der Waals surface area contributed by atoms with E-state index in [4.69, 9.17) is 4.52 Å². The highest BCUT2D eigenvalue weighted by atomic mass is 16.5. The lowest BCUT2D eigenvalue weighted by atomic mass is 10.0. The number of amides is 1. The quantitative estimate of drug-likeness (QED) is 0.509. The summed E-state index contributed by atoms with van der Waals surface area (Å²) >= 11 is 0. The molecule has 3 heterocycles. The molecule has 0 bridgehead atoms. The van der Waals surface area contributed by atoms with Crippen molar-refractivity contribution in [3.05, 3.63) is 72.1 Å². The molecule has 5 rings (SSSR count). The predicted octanol–water partition coefficient (Wildman–Crippen LogP) is 4.77. The van der Waals surface area contributed by atoms with Crippen LogP contribution in [-0.2, 0) is 4.79 Å². The van der Waals surface area contributed by atoms with Crippen LogP contribution in [0.25, 0.3) is 22.8 Å². The van der Waals surface area contributed by atoms with Crippen LogP contribution in [0.15, 0.2) is 65.2 Å². The van der Waals surface area contributed by atoms with Gasteiger partial charge in [-0.2, -0.15) is 10.1 Å². The van der Waals surface area contributed by atoms with Gasteiger partial charge < -0.3 is 9.42 Å². The summed E-state index contributed by atoms with van der Waals surface area (Å²) in [4.78, 5) is 19.0. The largest absolute Gasteiger partial charge is 0.332 e. The van der Waals surface area contributed by atoms with Crippen LogP contribution in [0.4, 0.5) is 5.69 Å². The van der Waals surface area contributed by atoms with Crippen molar-refractivity contribution in [2.24, 2.45) is 0 Å². The number of nitrogens with zero attached hydrogens (tertiary/aromatic N) is 4. The summed E-state index contributed by atoms with van der Waals surface area (Å²) in [6.45, 7) is 4.85. The molecule has 7 heteroatoms. The molecule has 0 saturated carbocycles. The number of anilines is 1. The first kappa shape index (κ1) is 19.2. The van der Waals surface area contributed by atoms with Gasteiger partial charge in [-0.25, -0.2) is 0 Å². The van der Waals surface area contributed by atoms with E-state index in [2.05, 4.69) is 46.3 Å². The van der Waals surface area contributed by atoms with Crippen molar-refractivity contribution in [2.45, 2.75) is 32.1 Å². The van der Waals surface area contributed by atoms with Crippen LogP contribution in [0, 0.1) is 0 Å². The molecule has 156 valence electrons. The maximum Gasteiger partial charge on any atom is 0.275 e. The summed E-state index contributed by atoms with van der Waals surface area (Å²) < 4.78 is 5.47. The Labute approximate surface area is 180 Å². The molecule has 0 aliphatic carbocycles. The number of carbonyl (C=O) groups is 1. The third-order valence-electron chi connectivity index (χ3n) is 5.68. The van der Waals surface area contributed by atoms with E-state index in [0.29, 0.717) is 36.3 Å². The van der Waals surface area contributed by atoms with E-state index in [-0.39, 0.29) is 11.8 Å². The number of rotatable bonds is 5. The van der Waals surface area contributed by atoms with Crippen molar-refractivity contribution in [1.29, 1.82) is 0 Å². The van der Waals surface area contributed by atoms with Crippen LogP contribution in [0.3, 0.4) is 0 Å². The van der Waals surface area contributed by atoms with Crippen molar-refractivity contribution >= 4 is 11.6 Å². The molecule has 1 amide bonds. The van der Waals surface area contributed by atoms with Gasteiger partial charge in [-0.15, -0.1) is 0 Å². The van der Waals surface area contributed by atoms with Crippen molar-refractivity contribution in [2.75, 3.05) is 11.4 Å². The van der Waals surface area contributed by atoms with Crippen molar-refractivity contribution < 1.29 is 9.32 Å². The third-order valence-corrected chi connectivity index (χ3v) is 5.68. The van der Waals surface area contributed by atoms with E-state index < -0.39 is 0 Å². The van der Waals surface area contributed by atoms with Crippen LogP contribution in [0.5, 0.6) is 0 Å². The second-order valence-electron chi connectivity index (χ2n) is 8.14. The number of hydrogen-bond donors (Lipinski definition) is 1. The first-order valence-corrected chi connectivity index (χ1v) is 10.4. The van der Waals surface area contributed by atoms with Gasteiger partial charge in [0.15, 0.2) is 5.82 Å². The highest BCUT2D eigenvalue weighted by Crippen LogP contribution is 2.32. The molecule has 1 unspecified atom stereocenters. The summed E-state index contributed by atoms with van der Waals surface area (Å²) in [6.07, 6.45) is 0.364. The van der Waals surface area contributed by atoms with Gasteiger partial charge in [0.1, 0.15) is 5.69 Å². The van der Waals surface area contributed by atoms with Gasteiger partial charge in [0.05, 0.1) is 5.69 Å². The molecule has 1 fully saturated rings. The van der Waals surface area contributed by atoms with Gasteiger partial charge in [0.2, 0.25) is 5.91 Å². The smallest absolute Gasteiger partial charge is 0.275 e. The number of hydrogen-bond acceptors (Lipinski definition) is 5. The topological polar surface area (TPSA) is 87.9 Å². The third kappa shape index (κ3) is 3.74. The molecule has 2 aromatic carbocycles. The van der Waals surface area contributed by atoms with Gasteiger partial charge in [0.25, 0.3) is 5.89 Å². The summed E-state index contributed by atoms with van der Waals surface area (Å²) in [5, 5.41) is 11.4. The Bertz CT molecular complexity index is 1190. The van der Waals surface area contributed by atoms with Gasteiger partial charge in [-0.05, 0) is 29.7 Å². The molecule has 7 nitrogen and oxygen atoms in total. The number of aromatic amines is 1. The van der Waals surface area contributed by atoms with Crippen LogP contribution >= 0.6 is 0 Å². The van der Waals surface area contributed by atoms with E-state index in [9.17, 15) is 4.79 Å². The lowest BCUT2D eigenvalue weighted by Gasteiger charge is -2.17. The molecule has 0 radical (unpaired) electrons. The molecule has 1 N–H and O–H groups in total. The molecular formula is C24H23N5O2. The van der Waals surface area contributed by atoms with Gasteiger partial charge in [0, 0.05) is 30.1 Å². The molecule has 4 aromatic rings. The Balaban J connectivity index is 1.32. The van der Waals surface area contributed by atoms with Gasteiger partial charge in [-0.1, -0.05) is 61.5 Å². The van der Waals surface area contributed by atoms with E-state index in [0.717, 1.165) is 16.9 Å². The minimum atomic E-state index is -0.105. The number of carbonyl (C=O) groups excluding carboxylic acids is 1. The van der Waals surface area contributed by atoms with E-state index in [1.165, 1.54) is 5.56 Å². The molecule has 0 spiro atoms. The van der Waals surface area contributed by atoms with Gasteiger partial charge in [-0.3, -0.25) is 9.89 Å². The Morgan fingerprint density at radius 1 is 1.10 bits per heavy atom. The van der Waals surface area contributed by atoms with E-state index in [1.807, 2.05) is 48.5 Å². The Morgan fingerprint density at radius 2 is 1.87 bits per heavy atom. The zero-order chi connectivity index (χ0) is 21.4. The standard InChI is InChI=1S/C24H23N5O2/c1-15(2)16-8-10-19(11-9-16)29-14-18(12-22(29)30)23-25-24(31-28-23)21-13-20(26-27-21)17-6-4-3-5-7-17/h3-11,13,15,18H,12,14H2,1-2H3,(H,26,27). The summed E-state index contributed by atoms with van der Waals surface area (Å²) in [5.41, 5.74) is 4.63. The minimum Gasteiger partial charge on any atom is -0.332 e.